The molecule has 0 aromatic carbocycles. The van der Waals surface area contributed by atoms with Crippen LogP contribution in [-0.4, -0.2) is 27.5 Å². The number of pyridine rings is 1. The van der Waals surface area contributed by atoms with Gasteiger partial charge in [0.25, 0.3) is 0 Å². The molecule has 1 aliphatic carbocycles. The van der Waals surface area contributed by atoms with Crippen molar-refractivity contribution in [1.82, 2.24) is 4.98 Å². The number of aromatic nitrogens is 1. The average molecular weight is 293 g/mol. The molecule has 0 aliphatic heterocycles. The highest BCUT2D eigenvalue weighted by Crippen LogP contribution is 2.36. The van der Waals surface area contributed by atoms with Crippen molar-refractivity contribution >= 4 is 17.5 Å². The zero-order valence-corrected chi connectivity index (χ0v) is 11.7. The standard InChI is InChI=1S/C14H19N3O4/c18-13(19)14(7-3-1-2-4-8-14)10-16-12-11(17(20)21)6-5-9-15-12/h5-6,9H,1-4,7-8,10H2,(H,15,16)(H,18,19). The molecular weight excluding hydrogens is 274 g/mol. The summed E-state index contributed by atoms with van der Waals surface area (Å²) in [6.07, 6.45) is 6.47. The first-order chi connectivity index (χ1) is 10.1. The smallest absolute Gasteiger partial charge is 0.311 e. The molecule has 0 spiro atoms. The van der Waals surface area contributed by atoms with Crippen LogP contribution in [0.5, 0.6) is 0 Å². The number of anilines is 1. The lowest BCUT2D eigenvalue weighted by atomic mass is 9.80. The van der Waals surface area contributed by atoms with Gasteiger partial charge in [-0.2, -0.15) is 0 Å². The van der Waals surface area contributed by atoms with Crippen LogP contribution in [0.25, 0.3) is 0 Å². The summed E-state index contributed by atoms with van der Waals surface area (Å²) in [5.41, 5.74) is -0.992. The highest BCUT2D eigenvalue weighted by atomic mass is 16.6. The lowest BCUT2D eigenvalue weighted by molar-refractivity contribution is -0.384. The van der Waals surface area contributed by atoms with Gasteiger partial charge in [0.1, 0.15) is 0 Å². The minimum Gasteiger partial charge on any atom is -0.481 e. The number of carboxylic acid groups (broad SMARTS) is 1. The van der Waals surface area contributed by atoms with Gasteiger partial charge in [0.05, 0.1) is 10.3 Å². The minimum atomic E-state index is -0.859. The van der Waals surface area contributed by atoms with Crippen LogP contribution in [0.3, 0.4) is 0 Å². The van der Waals surface area contributed by atoms with Gasteiger partial charge in [0.15, 0.2) is 0 Å². The topological polar surface area (TPSA) is 105 Å². The van der Waals surface area contributed by atoms with E-state index < -0.39 is 16.3 Å². The lowest BCUT2D eigenvalue weighted by Crippen LogP contribution is -2.37. The first-order valence-corrected chi connectivity index (χ1v) is 7.12. The maximum atomic E-state index is 11.7. The predicted octanol–water partition coefficient (Wildman–Crippen LogP) is 2.83. The zero-order chi connectivity index (χ0) is 15.3. The van der Waals surface area contributed by atoms with Crippen LogP contribution < -0.4 is 5.32 Å². The Bertz CT molecular complexity index is 525. The van der Waals surface area contributed by atoms with Gasteiger partial charge in [0, 0.05) is 18.8 Å². The molecule has 7 heteroatoms. The molecule has 114 valence electrons. The van der Waals surface area contributed by atoms with E-state index in [9.17, 15) is 20.0 Å². The van der Waals surface area contributed by atoms with Crippen molar-refractivity contribution < 1.29 is 14.8 Å². The number of rotatable bonds is 5. The number of nitrogens with one attached hydrogen (secondary N) is 1. The van der Waals surface area contributed by atoms with Gasteiger partial charge < -0.3 is 10.4 Å². The third kappa shape index (κ3) is 3.48. The number of nitrogens with zero attached hydrogens (tertiary/aromatic N) is 2. The largest absolute Gasteiger partial charge is 0.481 e. The third-order valence-electron chi connectivity index (χ3n) is 4.09. The summed E-state index contributed by atoms with van der Waals surface area (Å²) in [7, 11) is 0. The van der Waals surface area contributed by atoms with Gasteiger partial charge >= 0.3 is 11.7 Å². The molecule has 0 bridgehead atoms. The van der Waals surface area contributed by atoms with Crippen LogP contribution in [0.2, 0.25) is 0 Å². The summed E-state index contributed by atoms with van der Waals surface area (Å²) in [6.45, 7) is 0.167. The van der Waals surface area contributed by atoms with Gasteiger partial charge in [-0.3, -0.25) is 14.9 Å². The zero-order valence-electron chi connectivity index (χ0n) is 11.7. The van der Waals surface area contributed by atoms with Crippen LogP contribution >= 0.6 is 0 Å². The Hall–Kier alpha value is -2.18. The fourth-order valence-corrected chi connectivity index (χ4v) is 2.80. The molecular formula is C14H19N3O4. The summed E-state index contributed by atoms with van der Waals surface area (Å²) in [5, 5.41) is 23.4. The van der Waals surface area contributed by atoms with Crippen LogP contribution in [0.15, 0.2) is 18.3 Å². The van der Waals surface area contributed by atoms with Crippen molar-refractivity contribution in [2.45, 2.75) is 38.5 Å². The average Bonchev–Trinajstić information content (AvgIpc) is 2.72. The second-order valence-corrected chi connectivity index (χ2v) is 5.48. The van der Waals surface area contributed by atoms with E-state index in [1.165, 1.54) is 18.3 Å². The van der Waals surface area contributed by atoms with Crippen molar-refractivity contribution in [2.24, 2.45) is 5.41 Å². The Morgan fingerprint density at radius 2 is 2.05 bits per heavy atom. The molecule has 1 aliphatic rings. The summed E-state index contributed by atoms with van der Waals surface area (Å²) in [6, 6.07) is 2.85. The number of hydrogen-bond acceptors (Lipinski definition) is 5. The van der Waals surface area contributed by atoms with Gasteiger partial charge in [-0.1, -0.05) is 25.7 Å². The molecule has 0 radical (unpaired) electrons. The number of nitro groups is 1. The lowest BCUT2D eigenvalue weighted by Gasteiger charge is -2.28. The molecule has 2 rings (SSSR count). The van der Waals surface area contributed by atoms with Crippen molar-refractivity contribution in [3.8, 4) is 0 Å². The summed E-state index contributed by atoms with van der Waals surface area (Å²) in [4.78, 5) is 26.1. The monoisotopic (exact) mass is 293 g/mol. The molecule has 1 fully saturated rings. The second kappa shape index (κ2) is 6.51. The normalized spacial score (nSPS) is 17.7. The third-order valence-corrected chi connectivity index (χ3v) is 4.09. The van der Waals surface area contributed by atoms with E-state index in [1.54, 1.807) is 0 Å². The maximum absolute atomic E-state index is 11.7. The predicted molar refractivity (Wildman–Crippen MR) is 77.2 cm³/mol. The Morgan fingerprint density at radius 1 is 1.38 bits per heavy atom. The van der Waals surface area contributed by atoms with E-state index in [1.807, 2.05) is 0 Å². The molecule has 0 amide bonds. The molecule has 0 atom stereocenters. The molecule has 0 saturated heterocycles. The molecule has 0 unspecified atom stereocenters. The number of carbonyl (C=O) groups is 1. The minimum absolute atomic E-state index is 0.132. The number of hydrogen-bond donors (Lipinski definition) is 2. The van der Waals surface area contributed by atoms with Crippen molar-refractivity contribution in [1.29, 1.82) is 0 Å². The second-order valence-electron chi connectivity index (χ2n) is 5.48. The van der Waals surface area contributed by atoms with Crippen molar-refractivity contribution in [3.05, 3.63) is 28.4 Å². The Morgan fingerprint density at radius 3 is 2.62 bits per heavy atom. The maximum Gasteiger partial charge on any atom is 0.311 e. The molecule has 1 aromatic rings. The van der Waals surface area contributed by atoms with Gasteiger partial charge in [-0.15, -0.1) is 0 Å². The Balaban J connectivity index is 2.16. The Kier molecular flexibility index (Phi) is 4.72. The van der Waals surface area contributed by atoms with Crippen LogP contribution in [-0.2, 0) is 4.79 Å². The molecule has 1 aromatic heterocycles. The van der Waals surface area contributed by atoms with Crippen LogP contribution in [0, 0.1) is 15.5 Å². The fraction of sp³-hybridized carbons (Fsp3) is 0.571. The fourth-order valence-electron chi connectivity index (χ4n) is 2.80. The van der Waals surface area contributed by atoms with E-state index in [2.05, 4.69) is 10.3 Å². The van der Waals surface area contributed by atoms with Crippen LogP contribution in [0.4, 0.5) is 11.5 Å². The first kappa shape index (κ1) is 15.2. The molecule has 1 saturated carbocycles. The SMILES string of the molecule is O=C(O)C1(CNc2ncccc2[N+](=O)[O-])CCCCCC1. The van der Waals surface area contributed by atoms with Crippen molar-refractivity contribution in [3.63, 3.8) is 0 Å². The summed E-state index contributed by atoms with van der Waals surface area (Å²) < 4.78 is 0. The van der Waals surface area contributed by atoms with Gasteiger partial charge in [0.2, 0.25) is 5.82 Å². The van der Waals surface area contributed by atoms with Gasteiger partial charge in [-0.25, -0.2) is 4.98 Å². The highest BCUT2D eigenvalue weighted by Gasteiger charge is 2.39. The molecule has 21 heavy (non-hydrogen) atoms. The van der Waals surface area contributed by atoms with E-state index in [-0.39, 0.29) is 18.1 Å². The quantitative estimate of drug-likeness (QED) is 0.491. The highest BCUT2D eigenvalue weighted by molar-refractivity contribution is 5.75. The Labute approximate surface area is 122 Å². The van der Waals surface area contributed by atoms with E-state index in [0.29, 0.717) is 12.8 Å². The van der Waals surface area contributed by atoms with Gasteiger partial charge in [-0.05, 0) is 18.9 Å². The number of aliphatic carboxylic acids is 1. The summed E-state index contributed by atoms with van der Waals surface area (Å²) >= 11 is 0. The number of carboxylic acids is 1. The molecule has 7 nitrogen and oxygen atoms in total. The summed E-state index contributed by atoms with van der Waals surface area (Å²) in [5.74, 6) is -0.706. The molecule has 1 heterocycles. The van der Waals surface area contributed by atoms with Crippen molar-refractivity contribution in [2.75, 3.05) is 11.9 Å². The molecule has 2 N–H and O–H groups in total. The van der Waals surface area contributed by atoms with Crippen LogP contribution in [0.1, 0.15) is 38.5 Å². The van der Waals surface area contributed by atoms with E-state index >= 15 is 0 Å². The first-order valence-electron chi connectivity index (χ1n) is 7.12. The van der Waals surface area contributed by atoms with E-state index in [4.69, 9.17) is 0 Å². The van der Waals surface area contributed by atoms with E-state index in [0.717, 1.165) is 25.7 Å².